The lowest BCUT2D eigenvalue weighted by molar-refractivity contribution is 0.308. The summed E-state index contributed by atoms with van der Waals surface area (Å²) in [5, 5.41) is 6.39. The van der Waals surface area contributed by atoms with Gasteiger partial charge in [0.15, 0.2) is 15.8 Å². The third-order valence-electron chi connectivity index (χ3n) is 4.03. The first-order valence-corrected chi connectivity index (χ1v) is 10.8. The second-order valence-corrected chi connectivity index (χ2v) is 8.60. The number of benzene rings is 1. The lowest BCUT2D eigenvalue weighted by Gasteiger charge is -2.15. The Hall–Kier alpha value is -1.76. The van der Waals surface area contributed by atoms with Crippen molar-refractivity contribution in [2.45, 2.75) is 39.2 Å². The Morgan fingerprint density at radius 1 is 1.28 bits per heavy atom. The van der Waals surface area contributed by atoms with Gasteiger partial charge in [0.05, 0.1) is 18.1 Å². The molecule has 1 unspecified atom stereocenters. The van der Waals surface area contributed by atoms with Crippen LogP contribution in [0.1, 0.15) is 31.7 Å². The number of unbranched alkanes of at least 4 members (excludes halogenated alkanes) is 1. The van der Waals surface area contributed by atoms with Crippen molar-refractivity contribution < 1.29 is 13.2 Å². The summed E-state index contributed by atoms with van der Waals surface area (Å²) in [6.45, 7) is 6.16. The van der Waals surface area contributed by atoms with Gasteiger partial charge in [0, 0.05) is 19.1 Å². The number of aryl methyl sites for hydroxylation is 1. The highest BCUT2D eigenvalue weighted by Gasteiger charge is 2.28. The topological polar surface area (TPSA) is 79.8 Å². The molecule has 1 aliphatic rings. The number of sulfone groups is 1. The van der Waals surface area contributed by atoms with Gasteiger partial charge in [-0.3, -0.25) is 4.99 Å². The van der Waals surface area contributed by atoms with Crippen LogP contribution in [0.2, 0.25) is 0 Å². The van der Waals surface area contributed by atoms with Crippen LogP contribution in [-0.2, 0) is 9.84 Å². The Bertz CT molecular complexity index is 657. The molecule has 2 N–H and O–H groups in total. The molecule has 0 radical (unpaired) electrons. The maximum absolute atomic E-state index is 11.5. The molecule has 0 aromatic heterocycles. The van der Waals surface area contributed by atoms with Crippen LogP contribution in [0.4, 0.5) is 0 Å². The van der Waals surface area contributed by atoms with Crippen molar-refractivity contribution in [2.75, 3.05) is 31.2 Å². The van der Waals surface area contributed by atoms with Crippen LogP contribution < -0.4 is 15.4 Å². The zero-order valence-electron chi connectivity index (χ0n) is 15.1. The molecule has 1 atom stereocenters. The number of ether oxygens (including phenoxy) is 1. The Kier molecular flexibility index (Phi) is 7.55. The van der Waals surface area contributed by atoms with Gasteiger partial charge in [-0.1, -0.05) is 17.7 Å². The second kappa shape index (κ2) is 9.65. The van der Waals surface area contributed by atoms with Crippen LogP contribution in [-0.4, -0.2) is 51.6 Å². The van der Waals surface area contributed by atoms with Crippen LogP contribution in [0.25, 0.3) is 0 Å². The fraction of sp³-hybridized carbons (Fsp3) is 0.611. The molecule has 1 aliphatic heterocycles. The fourth-order valence-electron chi connectivity index (χ4n) is 2.65. The van der Waals surface area contributed by atoms with Gasteiger partial charge in [0.2, 0.25) is 0 Å². The molecular weight excluding hydrogens is 338 g/mol. The number of nitrogens with one attached hydrogen (secondary N) is 2. The zero-order chi connectivity index (χ0) is 18.1. The van der Waals surface area contributed by atoms with Crippen molar-refractivity contribution in [3.05, 3.63) is 29.8 Å². The van der Waals surface area contributed by atoms with Gasteiger partial charge in [-0.25, -0.2) is 8.42 Å². The average molecular weight is 368 g/mol. The number of hydrogen-bond acceptors (Lipinski definition) is 4. The van der Waals surface area contributed by atoms with Crippen LogP contribution >= 0.6 is 0 Å². The van der Waals surface area contributed by atoms with Gasteiger partial charge in [-0.05, 0) is 45.2 Å². The Morgan fingerprint density at radius 2 is 2.04 bits per heavy atom. The molecule has 0 saturated carbocycles. The first-order valence-electron chi connectivity index (χ1n) is 8.93. The van der Waals surface area contributed by atoms with E-state index in [4.69, 9.17) is 4.74 Å². The van der Waals surface area contributed by atoms with Crippen LogP contribution in [0.3, 0.4) is 0 Å². The van der Waals surface area contributed by atoms with Crippen molar-refractivity contribution in [3.63, 3.8) is 0 Å². The van der Waals surface area contributed by atoms with E-state index in [1.54, 1.807) is 0 Å². The quantitative estimate of drug-likeness (QED) is 0.417. The second-order valence-electron chi connectivity index (χ2n) is 6.37. The maximum atomic E-state index is 11.5. The van der Waals surface area contributed by atoms with Gasteiger partial charge < -0.3 is 15.4 Å². The zero-order valence-corrected chi connectivity index (χ0v) is 15.9. The SMILES string of the molecule is CCNC(=NCCCCOc1ccc(C)cc1)NC1CCS(=O)(=O)C1. The fourth-order valence-corrected chi connectivity index (χ4v) is 4.32. The number of rotatable bonds is 8. The minimum Gasteiger partial charge on any atom is -0.494 e. The normalized spacial score (nSPS) is 19.6. The molecule has 1 fully saturated rings. The van der Waals surface area contributed by atoms with Crippen LogP contribution in [0, 0.1) is 6.92 Å². The Labute approximate surface area is 151 Å². The van der Waals surface area contributed by atoms with E-state index in [0.29, 0.717) is 25.5 Å². The molecule has 1 aromatic carbocycles. The molecule has 1 heterocycles. The number of guanidine groups is 1. The largest absolute Gasteiger partial charge is 0.494 e. The highest BCUT2D eigenvalue weighted by molar-refractivity contribution is 7.91. The monoisotopic (exact) mass is 367 g/mol. The van der Waals surface area contributed by atoms with Gasteiger partial charge in [-0.2, -0.15) is 0 Å². The first-order chi connectivity index (χ1) is 12.0. The van der Waals surface area contributed by atoms with Gasteiger partial charge in [-0.15, -0.1) is 0 Å². The third-order valence-corrected chi connectivity index (χ3v) is 5.80. The summed E-state index contributed by atoms with van der Waals surface area (Å²) in [6.07, 6.45) is 2.50. The molecule has 0 amide bonds. The number of nitrogens with zero attached hydrogens (tertiary/aromatic N) is 1. The highest BCUT2D eigenvalue weighted by Crippen LogP contribution is 2.12. The van der Waals surface area contributed by atoms with E-state index in [-0.39, 0.29) is 17.5 Å². The van der Waals surface area contributed by atoms with E-state index in [1.807, 2.05) is 31.2 Å². The summed E-state index contributed by atoms with van der Waals surface area (Å²) in [6, 6.07) is 8.01. The van der Waals surface area contributed by atoms with E-state index in [0.717, 1.165) is 25.1 Å². The average Bonchev–Trinajstić information content (AvgIpc) is 2.91. The van der Waals surface area contributed by atoms with Crippen molar-refractivity contribution in [3.8, 4) is 5.75 Å². The van der Waals surface area contributed by atoms with Crippen molar-refractivity contribution in [2.24, 2.45) is 4.99 Å². The standard InChI is InChI=1S/C18H29N3O3S/c1-3-19-18(21-16-10-13-25(22,23)14-16)20-11-4-5-12-24-17-8-6-15(2)7-9-17/h6-9,16H,3-5,10-14H2,1-2H3,(H2,19,20,21). The molecule has 2 rings (SSSR count). The van der Waals surface area contributed by atoms with E-state index < -0.39 is 9.84 Å². The smallest absolute Gasteiger partial charge is 0.191 e. The predicted octanol–water partition coefficient (Wildman–Crippen LogP) is 1.90. The molecule has 7 heteroatoms. The maximum Gasteiger partial charge on any atom is 0.191 e. The van der Waals surface area contributed by atoms with E-state index in [9.17, 15) is 8.42 Å². The predicted molar refractivity (Wildman–Crippen MR) is 102 cm³/mol. The number of aliphatic imine (C=N–C) groups is 1. The van der Waals surface area contributed by atoms with Crippen LogP contribution in [0.15, 0.2) is 29.3 Å². The highest BCUT2D eigenvalue weighted by atomic mass is 32.2. The minimum absolute atomic E-state index is 0.0346. The van der Waals surface area contributed by atoms with Crippen molar-refractivity contribution in [1.29, 1.82) is 0 Å². The summed E-state index contributed by atoms with van der Waals surface area (Å²) in [5.41, 5.74) is 1.22. The Morgan fingerprint density at radius 3 is 2.68 bits per heavy atom. The molecule has 0 spiro atoms. The molecule has 0 bridgehead atoms. The molecule has 0 aliphatic carbocycles. The summed E-state index contributed by atoms with van der Waals surface area (Å²) in [7, 11) is -2.88. The van der Waals surface area contributed by atoms with Crippen LogP contribution in [0.5, 0.6) is 5.75 Å². The molecule has 1 aromatic rings. The summed E-state index contributed by atoms with van der Waals surface area (Å²) < 4.78 is 28.8. The van der Waals surface area contributed by atoms with E-state index in [1.165, 1.54) is 5.56 Å². The van der Waals surface area contributed by atoms with Gasteiger partial charge in [0.25, 0.3) is 0 Å². The molecule has 25 heavy (non-hydrogen) atoms. The molecule has 6 nitrogen and oxygen atoms in total. The molecule has 1 saturated heterocycles. The van der Waals surface area contributed by atoms with Crippen molar-refractivity contribution in [1.82, 2.24) is 10.6 Å². The first kappa shape index (κ1) is 19.6. The van der Waals surface area contributed by atoms with E-state index >= 15 is 0 Å². The number of hydrogen-bond donors (Lipinski definition) is 2. The Balaban J connectivity index is 1.67. The lowest BCUT2D eigenvalue weighted by Crippen LogP contribution is -2.44. The van der Waals surface area contributed by atoms with Crippen molar-refractivity contribution >= 4 is 15.8 Å². The summed E-state index contributed by atoms with van der Waals surface area (Å²) >= 11 is 0. The third kappa shape index (κ3) is 7.34. The minimum atomic E-state index is -2.88. The van der Waals surface area contributed by atoms with Gasteiger partial charge in [0.1, 0.15) is 5.75 Å². The van der Waals surface area contributed by atoms with E-state index in [2.05, 4.69) is 22.5 Å². The summed E-state index contributed by atoms with van der Waals surface area (Å²) in [4.78, 5) is 4.52. The molecular formula is C18H29N3O3S. The molecule has 140 valence electrons. The summed E-state index contributed by atoms with van der Waals surface area (Å²) in [5.74, 6) is 2.05. The lowest BCUT2D eigenvalue weighted by atomic mass is 10.2. The van der Waals surface area contributed by atoms with Gasteiger partial charge >= 0.3 is 0 Å².